The van der Waals surface area contributed by atoms with E-state index in [9.17, 15) is 13.2 Å². The summed E-state index contributed by atoms with van der Waals surface area (Å²) in [6.45, 7) is -0.0642. The van der Waals surface area contributed by atoms with Gasteiger partial charge in [-0.3, -0.25) is 9.78 Å². The van der Waals surface area contributed by atoms with E-state index < -0.39 is 10.0 Å². The molecule has 0 fully saturated rings. The van der Waals surface area contributed by atoms with Crippen LogP contribution in [0.4, 0.5) is 5.69 Å². The molecule has 0 aromatic carbocycles. The summed E-state index contributed by atoms with van der Waals surface area (Å²) >= 11 is 6.11. The lowest BCUT2D eigenvalue weighted by Gasteiger charge is -2.15. The molecule has 2 aromatic heterocycles. The second kappa shape index (κ2) is 8.75. The third kappa shape index (κ3) is 5.26. The van der Waals surface area contributed by atoms with Crippen LogP contribution in [0.15, 0.2) is 30.7 Å². The van der Waals surface area contributed by atoms with E-state index >= 15 is 0 Å². The number of carbonyl (C=O) groups is 1. The number of halogens is 1. The molecular formula is C15H17ClN6O3S. The Kier molecular flexibility index (Phi) is 6.68. The van der Waals surface area contributed by atoms with Gasteiger partial charge in [-0.15, -0.1) is 0 Å². The molecule has 1 N–H and O–H groups in total. The molecule has 0 unspecified atom stereocenters. The van der Waals surface area contributed by atoms with Crippen molar-refractivity contribution in [3.05, 3.63) is 35.9 Å². The van der Waals surface area contributed by atoms with Crippen molar-refractivity contribution in [2.24, 2.45) is 0 Å². The Labute approximate surface area is 156 Å². The number of nitriles is 1. The number of anilines is 1. The summed E-state index contributed by atoms with van der Waals surface area (Å²) in [6, 6.07) is 5.30. The summed E-state index contributed by atoms with van der Waals surface area (Å²) < 4.78 is 27.0. The van der Waals surface area contributed by atoms with E-state index in [-0.39, 0.29) is 36.2 Å². The summed E-state index contributed by atoms with van der Waals surface area (Å²) in [5.41, 5.74) is 1.08. The van der Waals surface area contributed by atoms with E-state index in [2.05, 4.69) is 14.8 Å². The number of nitrogens with zero attached hydrogens (tertiary/aromatic N) is 5. The number of sulfonamides is 1. The van der Waals surface area contributed by atoms with Gasteiger partial charge in [0.25, 0.3) is 0 Å². The number of carbonyl (C=O) groups excluding carboxylic acids is 1. The molecule has 0 aliphatic heterocycles. The minimum atomic E-state index is -3.56. The highest BCUT2D eigenvalue weighted by Gasteiger charge is 2.18. The van der Waals surface area contributed by atoms with Crippen LogP contribution in [0.25, 0.3) is 5.69 Å². The van der Waals surface area contributed by atoms with E-state index in [4.69, 9.17) is 16.9 Å². The SMILES string of the molecule is CN(C(=O)CCNS(=O)(=O)CCC#N)c1cn(-c2cccnc2)nc1Cl. The molecule has 0 atom stereocenters. The molecular weight excluding hydrogens is 380 g/mol. The minimum absolute atomic E-state index is 0.0588. The van der Waals surface area contributed by atoms with E-state index in [1.54, 1.807) is 36.8 Å². The van der Waals surface area contributed by atoms with Crippen molar-refractivity contribution in [2.75, 3.05) is 24.2 Å². The number of pyridine rings is 1. The molecule has 0 aliphatic carbocycles. The average Bonchev–Trinajstić information content (AvgIpc) is 3.01. The van der Waals surface area contributed by atoms with E-state index in [1.807, 2.05) is 0 Å². The maximum absolute atomic E-state index is 12.3. The van der Waals surface area contributed by atoms with Crippen LogP contribution in [0, 0.1) is 11.3 Å². The fourth-order valence-corrected chi connectivity index (χ4v) is 3.23. The Balaban J connectivity index is 1.98. The van der Waals surface area contributed by atoms with Gasteiger partial charge in [0.15, 0.2) is 5.15 Å². The summed E-state index contributed by atoms with van der Waals surface area (Å²) in [4.78, 5) is 17.6. The molecule has 0 saturated heterocycles. The smallest absolute Gasteiger partial charge is 0.228 e. The largest absolute Gasteiger partial charge is 0.311 e. The van der Waals surface area contributed by atoms with Gasteiger partial charge >= 0.3 is 0 Å². The molecule has 2 rings (SSSR count). The van der Waals surface area contributed by atoms with Gasteiger partial charge in [0.1, 0.15) is 5.69 Å². The van der Waals surface area contributed by atoms with Gasteiger partial charge in [0.2, 0.25) is 15.9 Å². The zero-order chi connectivity index (χ0) is 19.2. The van der Waals surface area contributed by atoms with Gasteiger partial charge in [-0.25, -0.2) is 17.8 Å². The van der Waals surface area contributed by atoms with Gasteiger partial charge in [0, 0.05) is 26.2 Å². The van der Waals surface area contributed by atoms with Gasteiger partial charge < -0.3 is 4.90 Å². The number of amides is 1. The highest BCUT2D eigenvalue weighted by molar-refractivity contribution is 7.89. The standard InChI is InChI=1S/C15H17ClN6O3S/c1-21(14(23)5-8-19-26(24,25)9-3-6-17)13-11-22(20-15(13)16)12-4-2-7-18-10-12/h2,4,7,10-11,19H,3,5,8-9H2,1H3. The molecule has 1 amide bonds. The van der Waals surface area contributed by atoms with Crippen molar-refractivity contribution in [3.8, 4) is 11.8 Å². The number of aromatic nitrogens is 3. The van der Waals surface area contributed by atoms with Crippen molar-refractivity contribution in [1.82, 2.24) is 19.5 Å². The maximum Gasteiger partial charge on any atom is 0.228 e. The fourth-order valence-electron chi connectivity index (χ4n) is 2.06. The lowest BCUT2D eigenvalue weighted by atomic mass is 10.3. The third-order valence-electron chi connectivity index (χ3n) is 3.44. The summed E-state index contributed by atoms with van der Waals surface area (Å²) in [7, 11) is -2.03. The van der Waals surface area contributed by atoms with Crippen LogP contribution >= 0.6 is 11.6 Å². The average molecular weight is 397 g/mol. The van der Waals surface area contributed by atoms with Crippen LogP contribution < -0.4 is 9.62 Å². The molecule has 0 radical (unpaired) electrons. The number of hydrogen-bond donors (Lipinski definition) is 1. The first-order valence-electron chi connectivity index (χ1n) is 7.60. The van der Waals surface area contributed by atoms with Crippen molar-refractivity contribution in [3.63, 3.8) is 0 Å². The highest BCUT2D eigenvalue weighted by Crippen LogP contribution is 2.25. The predicted octanol–water partition coefficient (Wildman–Crippen LogP) is 1.11. The van der Waals surface area contributed by atoms with Crippen molar-refractivity contribution in [2.45, 2.75) is 12.8 Å². The van der Waals surface area contributed by atoms with Crippen molar-refractivity contribution in [1.29, 1.82) is 5.26 Å². The highest BCUT2D eigenvalue weighted by atomic mass is 35.5. The van der Waals surface area contributed by atoms with Crippen LogP contribution in [0.2, 0.25) is 5.15 Å². The van der Waals surface area contributed by atoms with Crippen molar-refractivity contribution >= 4 is 33.2 Å². The first kappa shape index (κ1) is 19.8. The normalized spacial score (nSPS) is 11.1. The first-order chi connectivity index (χ1) is 12.3. The summed E-state index contributed by atoms with van der Waals surface area (Å²) in [5.74, 6) is -0.627. The maximum atomic E-state index is 12.3. The molecule has 11 heteroatoms. The molecule has 2 heterocycles. The zero-order valence-electron chi connectivity index (χ0n) is 14.0. The van der Waals surface area contributed by atoms with Crippen LogP contribution in [-0.2, 0) is 14.8 Å². The van der Waals surface area contributed by atoms with Crippen LogP contribution in [-0.4, -0.2) is 48.4 Å². The fraction of sp³-hybridized carbons (Fsp3) is 0.333. The number of nitrogens with one attached hydrogen (secondary N) is 1. The summed E-state index contributed by atoms with van der Waals surface area (Å²) in [5, 5.41) is 12.7. The second-order valence-corrected chi connectivity index (χ2v) is 7.57. The molecule has 9 nitrogen and oxygen atoms in total. The Bertz CT molecular complexity index is 907. The molecule has 0 saturated carbocycles. The lowest BCUT2D eigenvalue weighted by Crippen LogP contribution is -2.33. The Morgan fingerprint density at radius 1 is 1.50 bits per heavy atom. The first-order valence-corrected chi connectivity index (χ1v) is 9.63. The van der Waals surface area contributed by atoms with Crippen LogP contribution in [0.3, 0.4) is 0 Å². The Morgan fingerprint density at radius 3 is 2.92 bits per heavy atom. The Hall–Kier alpha value is -2.48. The van der Waals surface area contributed by atoms with Gasteiger partial charge in [-0.2, -0.15) is 10.4 Å². The van der Waals surface area contributed by atoms with E-state index in [1.165, 1.54) is 16.6 Å². The minimum Gasteiger partial charge on any atom is -0.311 e. The van der Waals surface area contributed by atoms with Crippen LogP contribution in [0.5, 0.6) is 0 Å². The molecule has 2 aromatic rings. The van der Waals surface area contributed by atoms with Gasteiger partial charge in [-0.05, 0) is 12.1 Å². The number of hydrogen-bond acceptors (Lipinski definition) is 6. The monoisotopic (exact) mass is 396 g/mol. The molecule has 0 bridgehead atoms. The molecule has 0 spiro atoms. The number of rotatable bonds is 8. The predicted molar refractivity (Wildman–Crippen MR) is 96.4 cm³/mol. The third-order valence-corrected chi connectivity index (χ3v) is 5.10. The van der Waals surface area contributed by atoms with E-state index in [0.29, 0.717) is 11.4 Å². The molecule has 26 heavy (non-hydrogen) atoms. The zero-order valence-corrected chi connectivity index (χ0v) is 15.5. The Morgan fingerprint density at radius 2 is 2.27 bits per heavy atom. The molecule has 0 aliphatic rings. The summed E-state index contributed by atoms with van der Waals surface area (Å²) in [6.07, 6.45) is 4.66. The molecule has 138 valence electrons. The van der Waals surface area contributed by atoms with Gasteiger partial charge in [-0.1, -0.05) is 11.6 Å². The van der Waals surface area contributed by atoms with E-state index in [0.717, 1.165) is 0 Å². The quantitative estimate of drug-likeness (QED) is 0.713. The van der Waals surface area contributed by atoms with Crippen molar-refractivity contribution < 1.29 is 13.2 Å². The lowest BCUT2D eigenvalue weighted by molar-refractivity contribution is -0.118. The van der Waals surface area contributed by atoms with Crippen LogP contribution in [0.1, 0.15) is 12.8 Å². The second-order valence-electron chi connectivity index (χ2n) is 5.29. The topological polar surface area (TPSA) is 121 Å². The van der Waals surface area contributed by atoms with Gasteiger partial charge in [0.05, 0.1) is 36.3 Å².